The molecular weight excluding hydrogens is 290 g/mol. The summed E-state index contributed by atoms with van der Waals surface area (Å²) < 4.78 is 5.36. The summed E-state index contributed by atoms with van der Waals surface area (Å²) in [4.78, 5) is 14.4. The Bertz CT molecular complexity index is 587. The van der Waals surface area contributed by atoms with Crippen LogP contribution in [0.1, 0.15) is 39.2 Å². The van der Waals surface area contributed by atoms with Crippen LogP contribution in [0.25, 0.3) is 0 Å². The molecule has 0 aliphatic carbocycles. The molecule has 1 aliphatic rings. The van der Waals surface area contributed by atoms with Gasteiger partial charge in [-0.25, -0.2) is 0 Å². The maximum absolute atomic E-state index is 12.6. The highest BCUT2D eigenvalue weighted by molar-refractivity contribution is 5.89. The third-order valence-electron chi connectivity index (χ3n) is 4.38. The van der Waals surface area contributed by atoms with Crippen LogP contribution in [0.5, 0.6) is 5.75 Å². The first-order valence-electron chi connectivity index (χ1n) is 8.15. The molecule has 0 bridgehead atoms. The lowest BCUT2D eigenvalue weighted by atomic mass is 9.96. The fraction of sp³-hybridized carbons (Fsp3) is 0.526. The van der Waals surface area contributed by atoms with Gasteiger partial charge in [-0.05, 0) is 51.7 Å². The number of para-hydroxylation sites is 1. The highest BCUT2D eigenvalue weighted by Gasteiger charge is 2.37. The van der Waals surface area contributed by atoms with Crippen molar-refractivity contribution >= 4 is 5.91 Å². The van der Waals surface area contributed by atoms with Crippen molar-refractivity contribution in [1.82, 2.24) is 4.90 Å². The number of methoxy groups -OCH3 is 1. The molecule has 126 valence electrons. The lowest BCUT2D eigenvalue weighted by molar-refractivity contribution is -0.131. The topological polar surface area (TPSA) is 49.8 Å². The number of amides is 1. The predicted octanol–water partition coefficient (Wildman–Crippen LogP) is 2.95. The van der Waals surface area contributed by atoms with Crippen molar-refractivity contribution in [3.63, 3.8) is 0 Å². The number of hydrogen-bond acceptors (Lipinski definition) is 3. The van der Waals surface area contributed by atoms with E-state index in [0.717, 1.165) is 29.7 Å². The van der Waals surface area contributed by atoms with Crippen LogP contribution in [-0.2, 0) is 11.2 Å². The first-order chi connectivity index (χ1) is 10.8. The third-order valence-corrected chi connectivity index (χ3v) is 4.38. The molecule has 2 rings (SSSR count). The molecule has 23 heavy (non-hydrogen) atoms. The van der Waals surface area contributed by atoms with Gasteiger partial charge < -0.3 is 14.7 Å². The molecule has 1 aliphatic heterocycles. The molecule has 0 spiro atoms. The van der Waals surface area contributed by atoms with Gasteiger partial charge in [0.2, 0.25) is 5.91 Å². The number of carbonyl (C=O) groups is 1. The summed E-state index contributed by atoms with van der Waals surface area (Å²) in [7, 11) is 1.65. The van der Waals surface area contributed by atoms with E-state index in [0.29, 0.717) is 13.0 Å². The van der Waals surface area contributed by atoms with Crippen LogP contribution in [-0.4, -0.2) is 41.2 Å². The van der Waals surface area contributed by atoms with Crippen LogP contribution in [0.15, 0.2) is 35.9 Å². The Kier molecular flexibility index (Phi) is 5.47. The van der Waals surface area contributed by atoms with E-state index in [1.54, 1.807) is 31.9 Å². The zero-order valence-electron chi connectivity index (χ0n) is 14.5. The SMILES string of the molecule is COc1ccccc1C/C(C)=C/C(=O)N1CCCC1C(C)(C)O. The van der Waals surface area contributed by atoms with Crippen molar-refractivity contribution in [2.45, 2.75) is 51.7 Å². The number of allylic oxidation sites excluding steroid dienone is 1. The molecule has 4 nitrogen and oxygen atoms in total. The van der Waals surface area contributed by atoms with E-state index in [2.05, 4.69) is 0 Å². The zero-order chi connectivity index (χ0) is 17.0. The van der Waals surface area contributed by atoms with Gasteiger partial charge in [0.1, 0.15) is 5.75 Å². The molecular formula is C19H27NO3. The summed E-state index contributed by atoms with van der Waals surface area (Å²) in [5, 5.41) is 10.2. The number of benzene rings is 1. The summed E-state index contributed by atoms with van der Waals surface area (Å²) in [5.41, 5.74) is 1.19. The number of likely N-dealkylation sites (tertiary alicyclic amines) is 1. The summed E-state index contributed by atoms with van der Waals surface area (Å²) in [6.07, 6.45) is 4.17. The van der Waals surface area contributed by atoms with E-state index in [1.165, 1.54) is 0 Å². The fourth-order valence-corrected chi connectivity index (χ4v) is 3.26. The minimum Gasteiger partial charge on any atom is -0.496 e. The molecule has 1 N–H and O–H groups in total. The Hall–Kier alpha value is -1.81. The van der Waals surface area contributed by atoms with Gasteiger partial charge in [-0.1, -0.05) is 23.8 Å². The molecule has 1 heterocycles. The van der Waals surface area contributed by atoms with Gasteiger partial charge in [-0.3, -0.25) is 4.79 Å². The second-order valence-corrected chi connectivity index (χ2v) is 6.82. The molecule has 1 fully saturated rings. The van der Waals surface area contributed by atoms with Crippen LogP contribution >= 0.6 is 0 Å². The second kappa shape index (κ2) is 7.18. The Morgan fingerprint density at radius 3 is 2.78 bits per heavy atom. The fourth-order valence-electron chi connectivity index (χ4n) is 3.26. The maximum atomic E-state index is 12.6. The Labute approximate surface area is 138 Å². The molecule has 1 aromatic rings. The molecule has 0 saturated carbocycles. The standard InChI is InChI=1S/C19H27NO3/c1-14(12-15-8-5-6-9-16(15)23-4)13-18(21)20-11-7-10-17(20)19(2,3)22/h5-6,8-9,13,17,22H,7,10-12H2,1-4H3/b14-13+. The van der Waals surface area contributed by atoms with Crippen molar-refractivity contribution in [2.24, 2.45) is 0 Å². The molecule has 1 aromatic carbocycles. The van der Waals surface area contributed by atoms with Gasteiger partial charge >= 0.3 is 0 Å². The van der Waals surface area contributed by atoms with Crippen LogP contribution < -0.4 is 4.74 Å². The highest BCUT2D eigenvalue weighted by atomic mass is 16.5. The first-order valence-corrected chi connectivity index (χ1v) is 8.15. The number of aliphatic hydroxyl groups is 1. The van der Waals surface area contributed by atoms with E-state index in [-0.39, 0.29) is 11.9 Å². The van der Waals surface area contributed by atoms with Crippen molar-refractivity contribution in [1.29, 1.82) is 0 Å². The van der Waals surface area contributed by atoms with Crippen molar-refractivity contribution in [2.75, 3.05) is 13.7 Å². The number of carbonyl (C=O) groups excluding carboxylic acids is 1. The van der Waals surface area contributed by atoms with E-state index >= 15 is 0 Å². The molecule has 1 unspecified atom stereocenters. The monoisotopic (exact) mass is 317 g/mol. The quantitative estimate of drug-likeness (QED) is 0.850. The van der Waals surface area contributed by atoms with E-state index in [9.17, 15) is 9.90 Å². The minimum absolute atomic E-state index is 0.0120. The van der Waals surface area contributed by atoms with Crippen molar-refractivity contribution < 1.29 is 14.6 Å². The summed E-state index contributed by atoms with van der Waals surface area (Å²) in [5.74, 6) is 0.824. The van der Waals surface area contributed by atoms with Crippen molar-refractivity contribution in [3.8, 4) is 5.75 Å². The van der Waals surface area contributed by atoms with Crippen LogP contribution in [0.3, 0.4) is 0 Å². The summed E-state index contributed by atoms with van der Waals surface area (Å²) in [6, 6.07) is 7.73. The molecule has 0 radical (unpaired) electrons. The smallest absolute Gasteiger partial charge is 0.246 e. The lowest BCUT2D eigenvalue weighted by Gasteiger charge is -2.33. The third kappa shape index (κ3) is 4.35. The van der Waals surface area contributed by atoms with Crippen LogP contribution in [0.2, 0.25) is 0 Å². The lowest BCUT2D eigenvalue weighted by Crippen LogP contribution is -2.47. The molecule has 4 heteroatoms. The molecule has 1 atom stereocenters. The van der Waals surface area contributed by atoms with E-state index in [1.807, 2.05) is 31.2 Å². The Morgan fingerprint density at radius 2 is 2.13 bits per heavy atom. The van der Waals surface area contributed by atoms with Crippen LogP contribution in [0.4, 0.5) is 0 Å². The maximum Gasteiger partial charge on any atom is 0.246 e. The van der Waals surface area contributed by atoms with E-state index in [4.69, 9.17) is 4.74 Å². The predicted molar refractivity (Wildman–Crippen MR) is 91.5 cm³/mol. The summed E-state index contributed by atoms with van der Waals surface area (Å²) >= 11 is 0. The zero-order valence-corrected chi connectivity index (χ0v) is 14.5. The number of hydrogen-bond donors (Lipinski definition) is 1. The van der Waals surface area contributed by atoms with Crippen LogP contribution in [0, 0.1) is 0 Å². The largest absolute Gasteiger partial charge is 0.496 e. The Morgan fingerprint density at radius 1 is 1.43 bits per heavy atom. The van der Waals surface area contributed by atoms with Gasteiger partial charge in [0.25, 0.3) is 0 Å². The molecule has 1 saturated heterocycles. The highest BCUT2D eigenvalue weighted by Crippen LogP contribution is 2.27. The number of ether oxygens (including phenoxy) is 1. The number of nitrogens with zero attached hydrogens (tertiary/aromatic N) is 1. The van der Waals surface area contributed by atoms with E-state index < -0.39 is 5.60 Å². The average molecular weight is 317 g/mol. The van der Waals surface area contributed by atoms with Gasteiger partial charge in [0.15, 0.2) is 0 Å². The average Bonchev–Trinajstić information content (AvgIpc) is 2.97. The Balaban J connectivity index is 2.10. The van der Waals surface area contributed by atoms with Gasteiger partial charge in [0.05, 0.1) is 18.8 Å². The molecule has 0 aromatic heterocycles. The first kappa shape index (κ1) is 17.5. The minimum atomic E-state index is -0.865. The molecule has 1 amide bonds. The van der Waals surface area contributed by atoms with Gasteiger partial charge in [0, 0.05) is 12.6 Å². The van der Waals surface area contributed by atoms with Crippen molar-refractivity contribution in [3.05, 3.63) is 41.5 Å². The summed E-state index contributed by atoms with van der Waals surface area (Å²) in [6.45, 7) is 6.22. The second-order valence-electron chi connectivity index (χ2n) is 6.82. The van der Waals surface area contributed by atoms with Gasteiger partial charge in [-0.2, -0.15) is 0 Å². The normalized spacial score (nSPS) is 19.1. The van der Waals surface area contributed by atoms with Gasteiger partial charge in [-0.15, -0.1) is 0 Å². The number of rotatable bonds is 5.